The van der Waals surface area contributed by atoms with Gasteiger partial charge < -0.3 is 19.4 Å². The Morgan fingerprint density at radius 3 is 2.52 bits per heavy atom. The minimum Gasteiger partial charge on any atom is -0.490 e. The summed E-state index contributed by atoms with van der Waals surface area (Å²) in [4.78, 5) is 29.0. The Kier molecular flexibility index (Phi) is 6.33. The van der Waals surface area contributed by atoms with Crippen LogP contribution in [0.3, 0.4) is 0 Å². The molecular weight excluding hydrogens is 372 g/mol. The zero-order valence-electron chi connectivity index (χ0n) is 16.7. The topological polar surface area (TPSA) is 94.5 Å². The molecule has 2 aromatic carbocycles. The number of rotatable bonds is 7. The van der Waals surface area contributed by atoms with Gasteiger partial charge in [0.2, 0.25) is 5.91 Å². The number of nitrogens with zero attached hydrogens (tertiary/aromatic N) is 2. The number of fused-ring (bicyclic) bond motifs is 1. The molecule has 0 saturated heterocycles. The number of anilines is 1. The van der Waals surface area contributed by atoms with Crippen LogP contribution in [0, 0.1) is 6.92 Å². The van der Waals surface area contributed by atoms with Gasteiger partial charge in [-0.25, -0.2) is 9.78 Å². The van der Waals surface area contributed by atoms with Gasteiger partial charge in [-0.1, -0.05) is 12.1 Å². The number of hydrogen-bond donors (Lipinski definition) is 2. The van der Waals surface area contributed by atoms with Crippen molar-refractivity contribution in [3.8, 4) is 11.5 Å². The SMILES string of the molecule is CCOc1ccc(NC(=O)NC(=O)Cn2c(C)nc3ccccc32)cc1OCC. The van der Waals surface area contributed by atoms with Crippen LogP contribution in [0.15, 0.2) is 42.5 Å². The van der Waals surface area contributed by atoms with Gasteiger partial charge in [0.1, 0.15) is 12.4 Å². The van der Waals surface area contributed by atoms with E-state index < -0.39 is 11.9 Å². The lowest BCUT2D eigenvalue weighted by atomic mass is 10.2. The maximum absolute atomic E-state index is 12.4. The van der Waals surface area contributed by atoms with E-state index in [-0.39, 0.29) is 6.54 Å². The van der Waals surface area contributed by atoms with E-state index >= 15 is 0 Å². The maximum atomic E-state index is 12.4. The third-order valence-corrected chi connectivity index (χ3v) is 4.20. The Morgan fingerprint density at radius 1 is 1.03 bits per heavy atom. The summed E-state index contributed by atoms with van der Waals surface area (Å²) in [6, 6.07) is 12.0. The highest BCUT2D eigenvalue weighted by Gasteiger charge is 2.14. The van der Waals surface area contributed by atoms with Gasteiger partial charge in [0, 0.05) is 11.8 Å². The zero-order valence-corrected chi connectivity index (χ0v) is 16.7. The van der Waals surface area contributed by atoms with Crippen LogP contribution in [-0.4, -0.2) is 34.7 Å². The largest absolute Gasteiger partial charge is 0.490 e. The maximum Gasteiger partial charge on any atom is 0.325 e. The van der Waals surface area contributed by atoms with Gasteiger partial charge in [0.15, 0.2) is 11.5 Å². The molecule has 1 aromatic heterocycles. The number of carbonyl (C=O) groups excluding carboxylic acids is 2. The van der Waals surface area contributed by atoms with Crippen molar-refractivity contribution < 1.29 is 19.1 Å². The summed E-state index contributed by atoms with van der Waals surface area (Å²) in [5.74, 6) is 1.39. The fourth-order valence-electron chi connectivity index (χ4n) is 3.00. The highest BCUT2D eigenvalue weighted by Crippen LogP contribution is 2.30. The minimum absolute atomic E-state index is 0.00671. The van der Waals surface area contributed by atoms with Crippen molar-refractivity contribution in [3.63, 3.8) is 0 Å². The van der Waals surface area contributed by atoms with Crippen molar-refractivity contribution in [3.05, 3.63) is 48.3 Å². The summed E-state index contributed by atoms with van der Waals surface area (Å²) < 4.78 is 12.8. The summed E-state index contributed by atoms with van der Waals surface area (Å²) in [6.07, 6.45) is 0. The Balaban J connectivity index is 1.65. The highest BCUT2D eigenvalue weighted by atomic mass is 16.5. The number of imide groups is 1. The van der Waals surface area contributed by atoms with Gasteiger partial charge in [-0.15, -0.1) is 0 Å². The number of para-hydroxylation sites is 2. The average Bonchev–Trinajstić information content (AvgIpc) is 2.99. The minimum atomic E-state index is -0.622. The molecule has 152 valence electrons. The second-order valence-electron chi connectivity index (χ2n) is 6.26. The molecule has 0 atom stereocenters. The Labute approximate surface area is 168 Å². The number of amides is 3. The van der Waals surface area contributed by atoms with E-state index in [1.165, 1.54) is 0 Å². The molecule has 0 unspecified atom stereocenters. The van der Waals surface area contributed by atoms with Gasteiger partial charge in [-0.2, -0.15) is 0 Å². The highest BCUT2D eigenvalue weighted by molar-refractivity contribution is 6.01. The summed E-state index contributed by atoms with van der Waals surface area (Å²) in [6.45, 7) is 6.53. The quantitative estimate of drug-likeness (QED) is 0.637. The van der Waals surface area contributed by atoms with Gasteiger partial charge >= 0.3 is 6.03 Å². The summed E-state index contributed by atoms with van der Waals surface area (Å²) in [5, 5.41) is 4.98. The molecule has 0 bridgehead atoms. The lowest BCUT2D eigenvalue weighted by Gasteiger charge is -2.13. The van der Waals surface area contributed by atoms with Crippen LogP contribution in [0.25, 0.3) is 11.0 Å². The van der Waals surface area contributed by atoms with E-state index in [0.29, 0.717) is 36.2 Å². The first-order chi connectivity index (χ1) is 14.0. The number of hydrogen-bond acceptors (Lipinski definition) is 5. The smallest absolute Gasteiger partial charge is 0.325 e. The summed E-state index contributed by atoms with van der Waals surface area (Å²) in [5.41, 5.74) is 2.14. The van der Waals surface area contributed by atoms with E-state index in [0.717, 1.165) is 11.0 Å². The first kappa shape index (κ1) is 20.2. The molecule has 0 aliphatic carbocycles. The van der Waals surface area contributed by atoms with E-state index in [2.05, 4.69) is 15.6 Å². The number of benzene rings is 2. The van der Waals surface area contributed by atoms with Crippen molar-refractivity contribution in [2.75, 3.05) is 18.5 Å². The molecule has 29 heavy (non-hydrogen) atoms. The van der Waals surface area contributed by atoms with Gasteiger partial charge in [-0.05, 0) is 45.0 Å². The van der Waals surface area contributed by atoms with Crippen molar-refractivity contribution in [1.29, 1.82) is 0 Å². The van der Waals surface area contributed by atoms with E-state index in [1.54, 1.807) is 22.8 Å². The van der Waals surface area contributed by atoms with E-state index in [1.807, 2.05) is 45.0 Å². The average molecular weight is 396 g/mol. The molecule has 2 N–H and O–H groups in total. The van der Waals surface area contributed by atoms with Crippen LogP contribution in [0.4, 0.5) is 10.5 Å². The monoisotopic (exact) mass is 396 g/mol. The molecule has 8 nitrogen and oxygen atoms in total. The molecule has 0 aliphatic rings. The molecular formula is C21H24N4O4. The molecule has 0 radical (unpaired) electrons. The fraction of sp³-hybridized carbons (Fsp3) is 0.286. The van der Waals surface area contributed by atoms with E-state index in [9.17, 15) is 9.59 Å². The second-order valence-corrected chi connectivity index (χ2v) is 6.26. The second kappa shape index (κ2) is 9.09. The zero-order chi connectivity index (χ0) is 20.8. The normalized spacial score (nSPS) is 10.6. The van der Waals surface area contributed by atoms with Gasteiger partial charge in [-0.3, -0.25) is 10.1 Å². The number of imidazole rings is 1. The van der Waals surface area contributed by atoms with Crippen LogP contribution in [0.2, 0.25) is 0 Å². The number of nitrogens with one attached hydrogen (secondary N) is 2. The van der Waals surface area contributed by atoms with Gasteiger partial charge in [0.05, 0.1) is 24.2 Å². The predicted molar refractivity (Wildman–Crippen MR) is 110 cm³/mol. The Morgan fingerprint density at radius 2 is 1.76 bits per heavy atom. The van der Waals surface area contributed by atoms with Crippen LogP contribution in [0.1, 0.15) is 19.7 Å². The molecule has 3 amide bonds. The third kappa shape index (κ3) is 4.84. The molecule has 0 saturated carbocycles. The Hall–Kier alpha value is -3.55. The third-order valence-electron chi connectivity index (χ3n) is 4.20. The number of carbonyl (C=O) groups is 2. The first-order valence-corrected chi connectivity index (χ1v) is 9.44. The van der Waals surface area contributed by atoms with Crippen molar-refractivity contribution in [2.45, 2.75) is 27.3 Å². The molecule has 0 fully saturated rings. The van der Waals surface area contributed by atoms with Crippen molar-refractivity contribution in [1.82, 2.24) is 14.9 Å². The molecule has 3 aromatic rings. The lowest BCUT2D eigenvalue weighted by molar-refractivity contribution is -0.120. The number of urea groups is 1. The lowest BCUT2D eigenvalue weighted by Crippen LogP contribution is -2.36. The molecule has 0 aliphatic heterocycles. The predicted octanol–water partition coefficient (Wildman–Crippen LogP) is 3.49. The number of aryl methyl sites for hydroxylation is 1. The van der Waals surface area contributed by atoms with Crippen molar-refractivity contribution in [2.24, 2.45) is 0 Å². The van der Waals surface area contributed by atoms with E-state index in [4.69, 9.17) is 9.47 Å². The fourth-order valence-corrected chi connectivity index (χ4v) is 3.00. The first-order valence-electron chi connectivity index (χ1n) is 9.44. The molecule has 0 spiro atoms. The van der Waals surface area contributed by atoms with Gasteiger partial charge in [0.25, 0.3) is 0 Å². The van der Waals surface area contributed by atoms with Crippen LogP contribution < -0.4 is 20.1 Å². The van der Waals surface area contributed by atoms with Crippen LogP contribution in [-0.2, 0) is 11.3 Å². The molecule has 8 heteroatoms. The Bertz CT molecular complexity index is 1030. The standard InChI is InChI=1S/C21H24N4O4/c1-4-28-18-11-10-15(12-19(18)29-5-2)23-21(27)24-20(26)13-25-14(3)22-16-8-6-7-9-17(16)25/h6-12H,4-5,13H2,1-3H3,(H2,23,24,26,27). The number of aromatic nitrogens is 2. The molecule has 1 heterocycles. The van der Waals surface area contributed by atoms with Crippen LogP contribution >= 0.6 is 0 Å². The summed E-state index contributed by atoms with van der Waals surface area (Å²) in [7, 11) is 0. The van der Waals surface area contributed by atoms with Crippen LogP contribution in [0.5, 0.6) is 11.5 Å². The molecule has 3 rings (SSSR count). The summed E-state index contributed by atoms with van der Waals surface area (Å²) >= 11 is 0. The van der Waals surface area contributed by atoms with Crippen molar-refractivity contribution >= 4 is 28.7 Å². The number of ether oxygens (including phenoxy) is 2.